The minimum atomic E-state index is -0.336. The molecule has 0 atom stereocenters. The predicted octanol–water partition coefficient (Wildman–Crippen LogP) is 4.19. The highest BCUT2D eigenvalue weighted by Gasteiger charge is 2.15. The molecule has 0 radical (unpaired) electrons. The van der Waals surface area contributed by atoms with Gasteiger partial charge in [0.2, 0.25) is 5.91 Å². The Kier molecular flexibility index (Phi) is 6.14. The first-order valence-electron chi connectivity index (χ1n) is 10.1. The lowest BCUT2D eigenvalue weighted by Crippen LogP contribution is -2.30. The summed E-state index contributed by atoms with van der Waals surface area (Å²) in [5, 5.41) is 7.74. The molecule has 2 heterocycles. The molecule has 4 rings (SSSR count). The lowest BCUT2D eigenvalue weighted by Gasteiger charge is -2.29. The molecule has 0 unspecified atom stereocenters. The third-order valence-corrected chi connectivity index (χ3v) is 5.46. The molecule has 6 nitrogen and oxygen atoms in total. The van der Waals surface area contributed by atoms with Gasteiger partial charge in [0.25, 0.3) is 5.56 Å². The lowest BCUT2D eigenvalue weighted by atomic mass is 10.1. The van der Waals surface area contributed by atoms with Crippen molar-refractivity contribution in [3.8, 4) is 11.3 Å². The van der Waals surface area contributed by atoms with Gasteiger partial charge in [0.05, 0.1) is 16.4 Å². The van der Waals surface area contributed by atoms with Gasteiger partial charge >= 0.3 is 0 Å². The number of aromatic nitrogens is 2. The second kappa shape index (κ2) is 9.13. The van der Waals surface area contributed by atoms with Gasteiger partial charge in [-0.2, -0.15) is 5.10 Å². The number of hydrogen-bond donors (Lipinski definition) is 1. The average molecular weight is 423 g/mol. The molecule has 0 spiro atoms. The van der Waals surface area contributed by atoms with E-state index in [0.29, 0.717) is 16.4 Å². The second-order valence-electron chi connectivity index (χ2n) is 7.34. The van der Waals surface area contributed by atoms with Crippen LogP contribution in [0.1, 0.15) is 19.3 Å². The van der Waals surface area contributed by atoms with Crippen molar-refractivity contribution >= 4 is 28.9 Å². The lowest BCUT2D eigenvalue weighted by molar-refractivity contribution is -0.117. The molecule has 0 bridgehead atoms. The number of rotatable bonds is 5. The van der Waals surface area contributed by atoms with Crippen LogP contribution < -0.4 is 15.8 Å². The zero-order chi connectivity index (χ0) is 20.9. The fraction of sp³-hybridized carbons (Fsp3) is 0.261. The Morgan fingerprint density at radius 2 is 1.77 bits per heavy atom. The van der Waals surface area contributed by atoms with Crippen LogP contribution in [0.3, 0.4) is 0 Å². The number of carbonyl (C=O) groups excluding carboxylic acids is 1. The number of nitrogens with one attached hydrogen (secondary N) is 1. The van der Waals surface area contributed by atoms with Crippen LogP contribution >= 0.6 is 11.6 Å². The fourth-order valence-electron chi connectivity index (χ4n) is 3.64. The standard InChI is InChI=1S/C23H23ClN4O2/c24-19-15-18(9-11-21(19)27-13-5-2-6-14-27)25-22(29)16-28-23(30)12-10-20(26-28)17-7-3-1-4-8-17/h1,3-4,7-12,15H,2,5-6,13-14,16H2,(H,25,29). The van der Waals surface area contributed by atoms with Crippen LogP contribution in [0.25, 0.3) is 11.3 Å². The smallest absolute Gasteiger partial charge is 0.267 e. The number of anilines is 2. The summed E-state index contributed by atoms with van der Waals surface area (Å²) in [6, 6.07) is 18.1. The van der Waals surface area contributed by atoms with Gasteiger partial charge in [0.15, 0.2) is 0 Å². The number of amides is 1. The van der Waals surface area contributed by atoms with Crippen LogP contribution in [0, 0.1) is 0 Å². The molecule has 3 aromatic rings. The number of piperidine rings is 1. The molecule has 1 saturated heterocycles. The van der Waals surface area contributed by atoms with Crippen LogP contribution in [0.15, 0.2) is 65.5 Å². The summed E-state index contributed by atoms with van der Waals surface area (Å²) in [5.41, 5.74) is 2.77. The number of hydrogen-bond acceptors (Lipinski definition) is 4. The highest BCUT2D eigenvalue weighted by Crippen LogP contribution is 2.30. The van der Waals surface area contributed by atoms with Crippen molar-refractivity contribution in [2.24, 2.45) is 0 Å². The van der Waals surface area contributed by atoms with Gasteiger partial charge < -0.3 is 10.2 Å². The molecule has 1 fully saturated rings. The van der Waals surface area contributed by atoms with Crippen molar-refractivity contribution in [2.75, 3.05) is 23.3 Å². The Balaban J connectivity index is 1.46. The van der Waals surface area contributed by atoms with Crippen molar-refractivity contribution in [1.29, 1.82) is 0 Å². The summed E-state index contributed by atoms with van der Waals surface area (Å²) in [5.74, 6) is -0.336. The maximum absolute atomic E-state index is 12.5. The van der Waals surface area contributed by atoms with Gasteiger partial charge in [-0.25, -0.2) is 4.68 Å². The Bertz CT molecular complexity index is 1090. The molecule has 1 aromatic heterocycles. The Morgan fingerprint density at radius 1 is 1.00 bits per heavy atom. The number of benzene rings is 2. The summed E-state index contributed by atoms with van der Waals surface area (Å²) < 4.78 is 1.17. The van der Waals surface area contributed by atoms with Crippen molar-refractivity contribution in [3.63, 3.8) is 0 Å². The van der Waals surface area contributed by atoms with E-state index in [1.165, 1.54) is 30.0 Å². The van der Waals surface area contributed by atoms with E-state index in [2.05, 4.69) is 15.3 Å². The topological polar surface area (TPSA) is 67.2 Å². The quantitative estimate of drug-likeness (QED) is 0.669. The molecule has 1 amide bonds. The van der Waals surface area contributed by atoms with Gasteiger partial charge in [0, 0.05) is 30.4 Å². The monoisotopic (exact) mass is 422 g/mol. The number of halogens is 1. The summed E-state index contributed by atoms with van der Waals surface area (Å²) in [6.45, 7) is 1.82. The molecule has 1 aliphatic heterocycles. The normalized spacial score (nSPS) is 13.8. The van der Waals surface area contributed by atoms with E-state index in [1.54, 1.807) is 12.1 Å². The minimum absolute atomic E-state index is 0.176. The predicted molar refractivity (Wildman–Crippen MR) is 120 cm³/mol. The van der Waals surface area contributed by atoms with E-state index in [1.807, 2.05) is 42.5 Å². The zero-order valence-electron chi connectivity index (χ0n) is 16.6. The average Bonchev–Trinajstić information content (AvgIpc) is 2.76. The van der Waals surface area contributed by atoms with E-state index in [-0.39, 0.29) is 18.0 Å². The molecule has 0 aliphatic carbocycles. The van der Waals surface area contributed by atoms with Crippen LogP contribution in [0.5, 0.6) is 0 Å². The first kappa shape index (κ1) is 20.2. The summed E-state index contributed by atoms with van der Waals surface area (Å²) in [4.78, 5) is 26.9. The SMILES string of the molecule is O=C(Cn1nc(-c2ccccc2)ccc1=O)Nc1ccc(N2CCCCC2)c(Cl)c1. The Hall–Kier alpha value is -3.12. The molecule has 7 heteroatoms. The summed E-state index contributed by atoms with van der Waals surface area (Å²) >= 11 is 6.46. The van der Waals surface area contributed by atoms with Gasteiger partial charge in [-0.3, -0.25) is 9.59 Å². The second-order valence-corrected chi connectivity index (χ2v) is 7.75. The van der Waals surface area contributed by atoms with Gasteiger partial charge in [-0.1, -0.05) is 41.9 Å². The molecule has 1 aliphatic rings. The zero-order valence-corrected chi connectivity index (χ0v) is 17.3. The van der Waals surface area contributed by atoms with E-state index >= 15 is 0 Å². The molecule has 1 N–H and O–H groups in total. The van der Waals surface area contributed by atoms with E-state index in [0.717, 1.165) is 24.3 Å². The molecule has 2 aromatic carbocycles. The number of carbonyl (C=O) groups is 1. The number of nitrogens with zero attached hydrogens (tertiary/aromatic N) is 3. The first-order valence-corrected chi connectivity index (χ1v) is 10.5. The van der Waals surface area contributed by atoms with Gasteiger partial charge in [-0.15, -0.1) is 0 Å². The maximum atomic E-state index is 12.5. The molecular formula is C23H23ClN4O2. The molecular weight excluding hydrogens is 400 g/mol. The third-order valence-electron chi connectivity index (χ3n) is 5.16. The largest absolute Gasteiger partial charge is 0.370 e. The summed E-state index contributed by atoms with van der Waals surface area (Å²) in [6.07, 6.45) is 3.58. The van der Waals surface area contributed by atoms with Crippen molar-refractivity contribution in [2.45, 2.75) is 25.8 Å². The highest BCUT2D eigenvalue weighted by atomic mass is 35.5. The van der Waals surface area contributed by atoms with Crippen molar-refractivity contribution in [1.82, 2.24) is 9.78 Å². The van der Waals surface area contributed by atoms with Crippen molar-refractivity contribution < 1.29 is 4.79 Å². The van der Waals surface area contributed by atoms with Gasteiger partial charge in [-0.05, 0) is 43.5 Å². The van der Waals surface area contributed by atoms with E-state index < -0.39 is 0 Å². The van der Waals surface area contributed by atoms with Crippen LogP contribution in [0.2, 0.25) is 5.02 Å². The van der Waals surface area contributed by atoms with Crippen LogP contribution in [0.4, 0.5) is 11.4 Å². The minimum Gasteiger partial charge on any atom is -0.370 e. The molecule has 154 valence electrons. The van der Waals surface area contributed by atoms with Gasteiger partial charge in [0.1, 0.15) is 6.54 Å². The highest BCUT2D eigenvalue weighted by molar-refractivity contribution is 6.33. The van der Waals surface area contributed by atoms with E-state index in [4.69, 9.17) is 11.6 Å². The Morgan fingerprint density at radius 3 is 2.50 bits per heavy atom. The molecule has 0 saturated carbocycles. The third kappa shape index (κ3) is 4.71. The van der Waals surface area contributed by atoms with Crippen LogP contribution in [-0.4, -0.2) is 28.8 Å². The molecule has 30 heavy (non-hydrogen) atoms. The summed E-state index contributed by atoms with van der Waals surface area (Å²) in [7, 11) is 0. The maximum Gasteiger partial charge on any atom is 0.267 e. The van der Waals surface area contributed by atoms with E-state index in [9.17, 15) is 9.59 Å². The fourth-order valence-corrected chi connectivity index (χ4v) is 3.94. The van der Waals surface area contributed by atoms with Crippen molar-refractivity contribution in [3.05, 3.63) is 76.0 Å². The van der Waals surface area contributed by atoms with Crippen LogP contribution in [-0.2, 0) is 11.3 Å². The first-order chi connectivity index (χ1) is 14.6. The Labute approximate surface area is 180 Å².